The molecule has 2 saturated heterocycles. The minimum atomic E-state index is -3.08. The average Bonchev–Trinajstić information content (AvgIpc) is 2.80. The fourth-order valence-corrected chi connectivity index (χ4v) is 3.60. The van der Waals surface area contributed by atoms with Crippen LogP contribution in [0.25, 0.3) is 0 Å². The molecule has 8 heteroatoms. The second kappa shape index (κ2) is 8.07. The quantitative estimate of drug-likeness (QED) is 0.837. The molecule has 1 aromatic rings. The third-order valence-corrected chi connectivity index (χ3v) is 4.48. The van der Waals surface area contributed by atoms with Gasteiger partial charge in [0.15, 0.2) is 5.75 Å². The Bertz CT molecular complexity index is 576. The summed E-state index contributed by atoms with van der Waals surface area (Å²) in [6.45, 7) is -3.08. The number of hydrogen-bond acceptors (Lipinski definition) is 3. The highest BCUT2D eigenvalue weighted by molar-refractivity contribution is 5.92. The van der Waals surface area contributed by atoms with Crippen LogP contribution < -0.4 is 15.4 Å². The van der Waals surface area contributed by atoms with Crippen molar-refractivity contribution in [2.45, 2.75) is 50.8 Å². The largest absolute Gasteiger partial charge is 0.432 e. The normalized spacial score (nSPS) is 25.2. The molecule has 4 nitrogen and oxygen atoms in total. The summed E-state index contributed by atoms with van der Waals surface area (Å²) in [6.07, 6.45) is 4.53. The molecule has 0 aliphatic carbocycles. The van der Waals surface area contributed by atoms with Crippen LogP contribution in [0, 0.1) is 11.7 Å². The monoisotopic (exact) mass is 364 g/mol. The molecule has 134 valence electrons. The van der Waals surface area contributed by atoms with Crippen LogP contribution in [0.1, 0.15) is 32.1 Å². The van der Waals surface area contributed by atoms with Gasteiger partial charge in [0.05, 0.1) is 5.69 Å². The van der Waals surface area contributed by atoms with Crippen molar-refractivity contribution in [3.05, 3.63) is 24.0 Å². The first-order chi connectivity index (χ1) is 11.0. The highest BCUT2D eigenvalue weighted by Crippen LogP contribution is 2.33. The Labute approximate surface area is 144 Å². The van der Waals surface area contributed by atoms with Gasteiger partial charge in [0.2, 0.25) is 5.91 Å². The number of halogens is 4. The van der Waals surface area contributed by atoms with Gasteiger partial charge in [-0.05, 0) is 43.7 Å². The molecule has 2 bridgehead atoms. The summed E-state index contributed by atoms with van der Waals surface area (Å²) in [4.78, 5) is 12.2. The van der Waals surface area contributed by atoms with Gasteiger partial charge in [-0.1, -0.05) is 0 Å². The molecule has 2 atom stereocenters. The third kappa shape index (κ3) is 4.77. The van der Waals surface area contributed by atoms with Gasteiger partial charge in [0, 0.05) is 24.6 Å². The minimum absolute atomic E-state index is 0. The van der Waals surface area contributed by atoms with Gasteiger partial charge in [0.25, 0.3) is 0 Å². The number of benzene rings is 1. The topological polar surface area (TPSA) is 50.4 Å². The Kier molecular flexibility index (Phi) is 6.34. The highest BCUT2D eigenvalue weighted by atomic mass is 35.5. The Morgan fingerprint density at radius 2 is 1.96 bits per heavy atom. The summed E-state index contributed by atoms with van der Waals surface area (Å²) in [7, 11) is 0. The lowest BCUT2D eigenvalue weighted by molar-refractivity contribution is -0.117. The van der Waals surface area contributed by atoms with Crippen LogP contribution in [0.15, 0.2) is 18.2 Å². The predicted octanol–water partition coefficient (Wildman–Crippen LogP) is 3.71. The molecule has 2 heterocycles. The Morgan fingerprint density at radius 1 is 1.29 bits per heavy atom. The molecule has 0 aromatic heterocycles. The van der Waals surface area contributed by atoms with E-state index in [-0.39, 0.29) is 35.7 Å². The first-order valence-corrected chi connectivity index (χ1v) is 7.80. The van der Waals surface area contributed by atoms with Crippen LogP contribution in [0.2, 0.25) is 0 Å². The summed E-state index contributed by atoms with van der Waals surface area (Å²) in [5, 5.41) is 6.06. The van der Waals surface area contributed by atoms with E-state index in [2.05, 4.69) is 15.4 Å². The molecule has 2 aliphatic rings. The standard InChI is InChI=1S/C16H19F3N2O2.ClH/c17-10-1-4-13(14(8-10)23-16(18)19)21-15(22)7-9-5-11-2-3-12(6-9)20-11;/h1,4,8-9,11-12,16,20H,2-3,5-7H2,(H,21,22);1H. The van der Waals surface area contributed by atoms with E-state index in [9.17, 15) is 18.0 Å². The summed E-state index contributed by atoms with van der Waals surface area (Å²) in [5.41, 5.74) is 0.0635. The number of carbonyl (C=O) groups is 1. The number of piperidine rings is 1. The summed E-state index contributed by atoms with van der Waals surface area (Å²) < 4.78 is 42.2. The SMILES string of the molecule is Cl.O=C(CC1CC2CCC(C1)N2)Nc1ccc(F)cc1OC(F)F. The van der Waals surface area contributed by atoms with Gasteiger partial charge in [-0.25, -0.2) is 4.39 Å². The molecule has 0 spiro atoms. The van der Waals surface area contributed by atoms with E-state index in [0.29, 0.717) is 18.5 Å². The molecule has 2 aliphatic heterocycles. The molecular formula is C16H20ClF3N2O2. The molecule has 2 unspecified atom stereocenters. The zero-order valence-electron chi connectivity index (χ0n) is 12.9. The van der Waals surface area contributed by atoms with Crippen molar-refractivity contribution in [2.75, 3.05) is 5.32 Å². The van der Waals surface area contributed by atoms with Crippen LogP contribution >= 0.6 is 12.4 Å². The molecule has 1 amide bonds. The molecule has 2 fully saturated rings. The Morgan fingerprint density at radius 3 is 2.58 bits per heavy atom. The van der Waals surface area contributed by atoms with Crippen molar-refractivity contribution >= 4 is 24.0 Å². The number of carbonyl (C=O) groups excluding carboxylic acids is 1. The minimum Gasteiger partial charge on any atom is -0.432 e. The van der Waals surface area contributed by atoms with Crippen molar-refractivity contribution in [2.24, 2.45) is 5.92 Å². The summed E-state index contributed by atoms with van der Waals surface area (Å²) in [5.74, 6) is -1.04. The summed E-state index contributed by atoms with van der Waals surface area (Å²) >= 11 is 0. The van der Waals surface area contributed by atoms with Crippen molar-refractivity contribution < 1.29 is 22.7 Å². The van der Waals surface area contributed by atoms with Gasteiger partial charge in [-0.2, -0.15) is 8.78 Å². The molecule has 0 radical (unpaired) electrons. The van der Waals surface area contributed by atoms with Gasteiger partial charge in [-0.3, -0.25) is 4.79 Å². The molecule has 2 N–H and O–H groups in total. The van der Waals surface area contributed by atoms with E-state index >= 15 is 0 Å². The van der Waals surface area contributed by atoms with E-state index in [1.54, 1.807) is 0 Å². The lowest BCUT2D eigenvalue weighted by Crippen LogP contribution is -2.39. The second-order valence-corrected chi connectivity index (χ2v) is 6.25. The maximum atomic E-state index is 13.2. The number of anilines is 1. The first-order valence-electron chi connectivity index (χ1n) is 7.80. The first kappa shape index (κ1) is 18.9. The number of rotatable bonds is 5. The maximum Gasteiger partial charge on any atom is 0.387 e. The Hall–Kier alpha value is -1.47. The number of fused-ring (bicyclic) bond motifs is 2. The van der Waals surface area contributed by atoms with Crippen LogP contribution in [-0.2, 0) is 4.79 Å². The zero-order chi connectivity index (χ0) is 16.4. The molecule has 3 rings (SSSR count). The van der Waals surface area contributed by atoms with E-state index in [1.165, 1.54) is 6.07 Å². The molecular weight excluding hydrogens is 345 g/mol. The van der Waals surface area contributed by atoms with Crippen LogP contribution in [-0.4, -0.2) is 24.6 Å². The van der Waals surface area contributed by atoms with Gasteiger partial charge in [0.1, 0.15) is 5.82 Å². The van der Waals surface area contributed by atoms with Gasteiger partial charge >= 0.3 is 6.61 Å². The highest BCUT2D eigenvalue weighted by Gasteiger charge is 2.34. The van der Waals surface area contributed by atoms with Crippen LogP contribution in [0.5, 0.6) is 5.75 Å². The second-order valence-electron chi connectivity index (χ2n) is 6.25. The lowest BCUT2D eigenvalue weighted by Gasteiger charge is -2.28. The van der Waals surface area contributed by atoms with E-state index in [0.717, 1.165) is 37.8 Å². The van der Waals surface area contributed by atoms with Crippen LogP contribution in [0.3, 0.4) is 0 Å². The predicted molar refractivity (Wildman–Crippen MR) is 86.2 cm³/mol. The number of ether oxygens (including phenoxy) is 1. The fourth-order valence-electron chi connectivity index (χ4n) is 3.60. The average molecular weight is 365 g/mol. The number of amides is 1. The number of alkyl halides is 2. The van der Waals surface area contributed by atoms with E-state index in [1.807, 2.05) is 0 Å². The molecule has 24 heavy (non-hydrogen) atoms. The number of hydrogen-bond donors (Lipinski definition) is 2. The maximum absolute atomic E-state index is 13.2. The summed E-state index contributed by atoms with van der Waals surface area (Å²) in [6, 6.07) is 4.13. The van der Waals surface area contributed by atoms with Crippen molar-refractivity contribution in [3.63, 3.8) is 0 Å². The fraction of sp³-hybridized carbons (Fsp3) is 0.562. The Balaban J connectivity index is 0.00000208. The van der Waals surface area contributed by atoms with Crippen molar-refractivity contribution in [1.29, 1.82) is 0 Å². The van der Waals surface area contributed by atoms with E-state index in [4.69, 9.17) is 0 Å². The van der Waals surface area contributed by atoms with Gasteiger partial charge in [-0.15, -0.1) is 12.4 Å². The third-order valence-electron chi connectivity index (χ3n) is 4.48. The molecule has 1 aromatic carbocycles. The molecule has 0 saturated carbocycles. The van der Waals surface area contributed by atoms with E-state index < -0.39 is 12.4 Å². The number of nitrogens with one attached hydrogen (secondary N) is 2. The smallest absolute Gasteiger partial charge is 0.387 e. The van der Waals surface area contributed by atoms with Crippen molar-refractivity contribution in [3.8, 4) is 5.75 Å². The van der Waals surface area contributed by atoms with Crippen molar-refractivity contribution in [1.82, 2.24) is 5.32 Å². The van der Waals surface area contributed by atoms with Gasteiger partial charge < -0.3 is 15.4 Å². The zero-order valence-corrected chi connectivity index (χ0v) is 13.8. The lowest BCUT2D eigenvalue weighted by atomic mass is 9.89. The van der Waals surface area contributed by atoms with Crippen LogP contribution in [0.4, 0.5) is 18.9 Å².